The number of amides is 1. The number of carbonyl (C=O) groups is 1. The molecule has 120 valence electrons. The van der Waals surface area contributed by atoms with Crippen molar-refractivity contribution in [2.24, 2.45) is 17.8 Å². The second-order valence-electron chi connectivity index (χ2n) is 7.54. The quantitative estimate of drug-likeness (QED) is 0.702. The molecule has 0 aromatic carbocycles. The number of hydrogen-bond acceptors (Lipinski definition) is 2. The molecule has 3 heteroatoms. The summed E-state index contributed by atoms with van der Waals surface area (Å²) in [6.45, 7) is 13.4. The summed E-state index contributed by atoms with van der Waals surface area (Å²) >= 11 is 0. The molecule has 0 rings (SSSR count). The van der Waals surface area contributed by atoms with Crippen molar-refractivity contribution in [2.45, 2.75) is 72.9 Å². The maximum absolute atomic E-state index is 12.3. The van der Waals surface area contributed by atoms with Gasteiger partial charge in [-0.1, -0.05) is 41.5 Å². The van der Waals surface area contributed by atoms with Crippen molar-refractivity contribution in [1.82, 2.24) is 10.2 Å². The van der Waals surface area contributed by atoms with Gasteiger partial charge in [-0.05, 0) is 37.0 Å². The lowest BCUT2D eigenvalue weighted by molar-refractivity contribution is -0.131. The molecule has 0 fully saturated rings. The van der Waals surface area contributed by atoms with Crippen LogP contribution in [0.4, 0.5) is 0 Å². The minimum atomic E-state index is -0.0486. The van der Waals surface area contributed by atoms with Gasteiger partial charge in [0.05, 0.1) is 6.04 Å². The molecule has 0 bridgehead atoms. The smallest absolute Gasteiger partial charge is 0.239 e. The van der Waals surface area contributed by atoms with E-state index in [1.54, 1.807) is 4.90 Å². The van der Waals surface area contributed by atoms with E-state index in [4.69, 9.17) is 0 Å². The maximum Gasteiger partial charge on any atom is 0.239 e. The van der Waals surface area contributed by atoms with Gasteiger partial charge in [0.2, 0.25) is 5.91 Å². The zero-order valence-electron chi connectivity index (χ0n) is 14.9. The number of carbonyl (C=O) groups excluding carboxylic acids is 1. The van der Waals surface area contributed by atoms with Crippen molar-refractivity contribution in [1.29, 1.82) is 0 Å². The van der Waals surface area contributed by atoms with E-state index >= 15 is 0 Å². The van der Waals surface area contributed by atoms with Gasteiger partial charge in [0.25, 0.3) is 0 Å². The Hall–Kier alpha value is -0.570. The molecule has 0 radical (unpaired) electrons. The molecule has 0 aliphatic carbocycles. The molecule has 0 aromatic rings. The van der Waals surface area contributed by atoms with Crippen LogP contribution in [-0.2, 0) is 4.79 Å². The monoisotopic (exact) mass is 284 g/mol. The standard InChI is InChI=1S/C17H36N2O/c1-12(2)9-15(10-13(3)4)18-16(11-14(5)6)17(20)19(7)8/h12-16,18H,9-11H2,1-8H3. The second-order valence-corrected chi connectivity index (χ2v) is 7.54. The summed E-state index contributed by atoms with van der Waals surface area (Å²) in [5.41, 5.74) is 0. The van der Waals surface area contributed by atoms with Crippen molar-refractivity contribution >= 4 is 5.91 Å². The van der Waals surface area contributed by atoms with Gasteiger partial charge in [0.15, 0.2) is 0 Å². The van der Waals surface area contributed by atoms with Gasteiger partial charge in [-0.3, -0.25) is 4.79 Å². The Morgan fingerprint density at radius 1 is 0.850 bits per heavy atom. The summed E-state index contributed by atoms with van der Waals surface area (Å²) in [6.07, 6.45) is 3.17. The van der Waals surface area contributed by atoms with Gasteiger partial charge in [-0.15, -0.1) is 0 Å². The average Bonchev–Trinajstić information content (AvgIpc) is 2.24. The molecule has 0 aliphatic rings. The number of rotatable bonds is 9. The van der Waals surface area contributed by atoms with Crippen LogP contribution in [0.1, 0.15) is 60.8 Å². The topological polar surface area (TPSA) is 32.3 Å². The van der Waals surface area contributed by atoms with E-state index in [9.17, 15) is 4.79 Å². The highest BCUT2D eigenvalue weighted by Crippen LogP contribution is 2.16. The summed E-state index contributed by atoms with van der Waals surface area (Å²) in [5.74, 6) is 2.03. The van der Waals surface area contributed by atoms with Crippen molar-refractivity contribution in [2.75, 3.05) is 14.1 Å². The lowest BCUT2D eigenvalue weighted by atomic mass is 9.93. The van der Waals surface area contributed by atoms with Crippen LogP contribution in [0, 0.1) is 17.8 Å². The molecule has 0 aliphatic heterocycles. The number of nitrogens with one attached hydrogen (secondary N) is 1. The van der Waals surface area contributed by atoms with Crippen LogP contribution in [-0.4, -0.2) is 37.0 Å². The molecule has 0 spiro atoms. The summed E-state index contributed by atoms with van der Waals surface area (Å²) in [5, 5.41) is 3.64. The van der Waals surface area contributed by atoms with Crippen LogP contribution in [0.3, 0.4) is 0 Å². The number of hydrogen-bond donors (Lipinski definition) is 1. The lowest BCUT2D eigenvalue weighted by Gasteiger charge is -2.30. The SMILES string of the molecule is CC(C)CC(CC(C)C)NC(CC(C)C)C(=O)N(C)C. The van der Waals surface area contributed by atoms with Crippen LogP contribution in [0.5, 0.6) is 0 Å². The predicted molar refractivity (Wildman–Crippen MR) is 87.8 cm³/mol. The van der Waals surface area contributed by atoms with Gasteiger partial charge in [-0.25, -0.2) is 0 Å². The minimum absolute atomic E-state index is 0.0486. The van der Waals surface area contributed by atoms with Gasteiger partial charge in [-0.2, -0.15) is 0 Å². The van der Waals surface area contributed by atoms with Crippen LogP contribution in [0.25, 0.3) is 0 Å². The second kappa shape index (κ2) is 9.38. The molecule has 1 unspecified atom stereocenters. The lowest BCUT2D eigenvalue weighted by Crippen LogP contribution is -2.49. The zero-order valence-corrected chi connectivity index (χ0v) is 14.9. The highest BCUT2D eigenvalue weighted by atomic mass is 16.2. The number of likely N-dealkylation sites (N-methyl/N-ethyl adjacent to an activating group) is 1. The first kappa shape index (κ1) is 19.4. The molecular weight excluding hydrogens is 248 g/mol. The fourth-order valence-electron chi connectivity index (χ4n) is 2.68. The Kier molecular flexibility index (Phi) is 9.11. The molecule has 1 N–H and O–H groups in total. The fourth-order valence-corrected chi connectivity index (χ4v) is 2.68. The molecule has 3 nitrogen and oxygen atoms in total. The van der Waals surface area contributed by atoms with Crippen molar-refractivity contribution in [3.63, 3.8) is 0 Å². The first-order valence-corrected chi connectivity index (χ1v) is 8.10. The van der Waals surface area contributed by atoms with E-state index in [1.165, 1.54) is 0 Å². The van der Waals surface area contributed by atoms with Gasteiger partial charge in [0.1, 0.15) is 0 Å². The summed E-state index contributed by atoms with van der Waals surface area (Å²) in [6, 6.07) is 0.384. The highest BCUT2D eigenvalue weighted by Gasteiger charge is 2.25. The molecule has 1 amide bonds. The zero-order chi connectivity index (χ0) is 15.9. The van der Waals surface area contributed by atoms with Gasteiger partial charge < -0.3 is 10.2 Å². The summed E-state index contributed by atoms with van der Waals surface area (Å²) < 4.78 is 0. The van der Waals surface area contributed by atoms with Crippen molar-refractivity contribution < 1.29 is 4.79 Å². The molecule has 0 saturated carbocycles. The first-order chi connectivity index (χ1) is 9.13. The van der Waals surface area contributed by atoms with E-state index in [-0.39, 0.29) is 11.9 Å². The van der Waals surface area contributed by atoms with E-state index in [0.717, 1.165) is 19.3 Å². The van der Waals surface area contributed by atoms with Crippen LogP contribution in [0.2, 0.25) is 0 Å². The molecule has 20 heavy (non-hydrogen) atoms. The first-order valence-electron chi connectivity index (χ1n) is 8.10. The van der Waals surface area contributed by atoms with E-state index < -0.39 is 0 Å². The summed E-state index contributed by atoms with van der Waals surface area (Å²) in [7, 11) is 3.69. The van der Waals surface area contributed by atoms with E-state index in [0.29, 0.717) is 23.8 Å². The fraction of sp³-hybridized carbons (Fsp3) is 0.941. The van der Waals surface area contributed by atoms with Crippen LogP contribution < -0.4 is 5.32 Å². The van der Waals surface area contributed by atoms with E-state index in [1.807, 2.05) is 14.1 Å². The molecular formula is C17H36N2O. The largest absolute Gasteiger partial charge is 0.347 e. The molecule has 1 atom stereocenters. The van der Waals surface area contributed by atoms with Crippen molar-refractivity contribution in [3.05, 3.63) is 0 Å². The Labute approximate surface area is 126 Å². The third-order valence-electron chi connectivity index (χ3n) is 3.39. The normalized spacial score (nSPS) is 13.6. The average molecular weight is 284 g/mol. The van der Waals surface area contributed by atoms with Gasteiger partial charge >= 0.3 is 0 Å². The predicted octanol–water partition coefficient (Wildman–Crippen LogP) is 3.54. The summed E-state index contributed by atoms with van der Waals surface area (Å²) in [4.78, 5) is 14.1. The third-order valence-corrected chi connectivity index (χ3v) is 3.39. The Morgan fingerprint density at radius 3 is 1.55 bits per heavy atom. The van der Waals surface area contributed by atoms with E-state index in [2.05, 4.69) is 46.9 Å². The Balaban J connectivity index is 4.81. The Morgan fingerprint density at radius 2 is 1.25 bits per heavy atom. The third kappa shape index (κ3) is 8.57. The number of nitrogens with zero attached hydrogens (tertiary/aromatic N) is 1. The van der Waals surface area contributed by atoms with Crippen LogP contribution in [0.15, 0.2) is 0 Å². The van der Waals surface area contributed by atoms with Crippen LogP contribution >= 0.6 is 0 Å². The minimum Gasteiger partial charge on any atom is -0.347 e. The maximum atomic E-state index is 12.3. The molecule has 0 heterocycles. The van der Waals surface area contributed by atoms with Crippen molar-refractivity contribution in [3.8, 4) is 0 Å². The van der Waals surface area contributed by atoms with Gasteiger partial charge in [0, 0.05) is 20.1 Å². The Bertz CT molecular complexity index is 262. The molecule has 0 aromatic heterocycles. The molecule has 0 saturated heterocycles. The highest BCUT2D eigenvalue weighted by molar-refractivity contribution is 5.81.